The van der Waals surface area contributed by atoms with Crippen molar-refractivity contribution in [2.75, 3.05) is 17.8 Å². The molecule has 0 saturated carbocycles. The molecule has 0 radical (unpaired) electrons. The number of allylic oxidation sites excluding steroid dienone is 1. The molecule has 32 heavy (non-hydrogen) atoms. The molecule has 3 aromatic rings. The number of carbonyl (C=O) groups excluding carboxylic acids is 1. The molecule has 0 aliphatic carbocycles. The Kier molecular flexibility index (Phi) is 6.68. The number of thiophene rings is 1. The zero-order valence-corrected chi connectivity index (χ0v) is 19.2. The van der Waals surface area contributed by atoms with Crippen LogP contribution in [0.2, 0.25) is 0 Å². The van der Waals surface area contributed by atoms with E-state index in [1.165, 1.54) is 5.01 Å². The van der Waals surface area contributed by atoms with Gasteiger partial charge in [-0.15, -0.1) is 11.3 Å². The molecule has 2 aromatic carbocycles. The van der Waals surface area contributed by atoms with Crippen LogP contribution in [0.25, 0.3) is 11.1 Å². The first kappa shape index (κ1) is 23.1. The molecular weight excluding hydrogens is 418 g/mol. The molecule has 164 valence electrons. The summed E-state index contributed by atoms with van der Waals surface area (Å²) in [5.41, 5.74) is 10.7. The molecule has 0 aliphatic rings. The van der Waals surface area contributed by atoms with Crippen LogP contribution in [-0.4, -0.2) is 13.3 Å². The number of nitrogen functional groups attached to an aromatic ring is 1. The van der Waals surface area contributed by atoms with Crippen molar-refractivity contribution in [3.05, 3.63) is 82.2 Å². The van der Waals surface area contributed by atoms with Gasteiger partial charge in [0, 0.05) is 17.6 Å². The molecule has 0 amide bonds. The normalized spacial score (nSPS) is 13.5. The molecule has 1 aromatic heterocycles. The molecule has 7 heteroatoms. The second-order valence-corrected chi connectivity index (χ2v) is 8.95. The van der Waals surface area contributed by atoms with Crippen LogP contribution in [0.5, 0.6) is 0 Å². The summed E-state index contributed by atoms with van der Waals surface area (Å²) in [6.07, 6.45) is 0.937. The number of hydrogen-bond donors (Lipinski definition) is 3. The fourth-order valence-electron chi connectivity index (χ4n) is 3.90. The third-order valence-electron chi connectivity index (χ3n) is 5.46. The van der Waals surface area contributed by atoms with Crippen LogP contribution in [-0.2, 0) is 10.3 Å². The van der Waals surface area contributed by atoms with Gasteiger partial charge < -0.3 is 20.9 Å². The minimum absolute atomic E-state index is 0.497. The van der Waals surface area contributed by atoms with Crippen molar-refractivity contribution in [1.82, 2.24) is 5.32 Å². The molecule has 0 saturated heterocycles. The van der Waals surface area contributed by atoms with Gasteiger partial charge in [-0.2, -0.15) is 5.26 Å². The zero-order valence-electron chi connectivity index (χ0n) is 18.4. The number of hydrazine groups is 1. The van der Waals surface area contributed by atoms with Gasteiger partial charge in [0.25, 0.3) is 0 Å². The Hall–Kier alpha value is -3.60. The molecule has 2 unspecified atom stereocenters. The van der Waals surface area contributed by atoms with Crippen molar-refractivity contribution < 1.29 is 4.79 Å². The van der Waals surface area contributed by atoms with Crippen molar-refractivity contribution in [2.45, 2.75) is 25.3 Å². The standard InChI is InChI=1S/C25H27N5OS/c1-16(2)29-25(3,21(14-31)19-8-9-23(30(4)28)22(27)11-19)24-12-20(15-32-24)18-7-5-6-17(10-18)13-26/h5-12,14-15,21,29H,1,27-28H2,2-4H3. The van der Waals surface area contributed by atoms with Crippen molar-refractivity contribution in [2.24, 2.45) is 5.84 Å². The first-order valence-corrected chi connectivity index (χ1v) is 10.9. The van der Waals surface area contributed by atoms with E-state index < -0.39 is 11.5 Å². The average Bonchev–Trinajstić information content (AvgIpc) is 3.25. The number of anilines is 2. The number of aldehydes is 1. The van der Waals surface area contributed by atoms with Crippen LogP contribution in [0.15, 0.2) is 66.2 Å². The number of nitrogens with zero attached hydrogens (tertiary/aromatic N) is 2. The van der Waals surface area contributed by atoms with E-state index in [0.29, 0.717) is 16.9 Å². The van der Waals surface area contributed by atoms with E-state index in [0.717, 1.165) is 33.6 Å². The van der Waals surface area contributed by atoms with Crippen molar-refractivity contribution in [1.29, 1.82) is 5.26 Å². The number of nitrogens with one attached hydrogen (secondary N) is 1. The molecule has 1 heterocycles. The molecule has 5 N–H and O–H groups in total. The van der Waals surface area contributed by atoms with Crippen LogP contribution < -0.4 is 21.9 Å². The lowest BCUT2D eigenvalue weighted by molar-refractivity contribution is -0.110. The highest BCUT2D eigenvalue weighted by atomic mass is 32.1. The van der Waals surface area contributed by atoms with Crippen LogP contribution in [0.3, 0.4) is 0 Å². The molecular formula is C25H27N5OS. The van der Waals surface area contributed by atoms with Crippen LogP contribution >= 0.6 is 11.3 Å². The van der Waals surface area contributed by atoms with E-state index in [4.69, 9.17) is 11.6 Å². The van der Waals surface area contributed by atoms with Gasteiger partial charge in [-0.1, -0.05) is 24.8 Å². The number of nitrogens with two attached hydrogens (primary N) is 2. The van der Waals surface area contributed by atoms with E-state index in [1.807, 2.05) is 49.6 Å². The number of nitriles is 1. The predicted molar refractivity (Wildman–Crippen MR) is 132 cm³/mol. The van der Waals surface area contributed by atoms with Gasteiger partial charge in [0.2, 0.25) is 0 Å². The largest absolute Gasteiger partial charge is 0.397 e. The number of rotatable bonds is 8. The Morgan fingerprint density at radius 3 is 2.62 bits per heavy atom. The number of carbonyl (C=O) groups is 1. The second kappa shape index (κ2) is 9.27. The molecule has 0 aliphatic heterocycles. The molecule has 0 fully saturated rings. The second-order valence-electron chi connectivity index (χ2n) is 8.04. The summed E-state index contributed by atoms with van der Waals surface area (Å²) in [6, 6.07) is 17.2. The van der Waals surface area contributed by atoms with Crippen LogP contribution in [0, 0.1) is 11.3 Å². The van der Waals surface area contributed by atoms with Gasteiger partial charge in [0.1, 0.15) is 6.29 Å². The Morgan fingerprint density at radius 1 is 1.28 bits per heavy atom. The van der Waals surface area contributed by atoms with E-state index in [9.17, 15) is 10.1 Å². The Labute approximate surface area is 192 Å². The minimum atomic E-state index is -0.758. The fraction of sp³-hybridized carbons (Fsp3) is 0.200. The Balaban J connectivity index is 2.09. The van der Waals surface area contributed by atoms with Gasteiger partial charge in [-0.3, -0.25) is 0 Å². The van der Waals surface area contributed by atoms with Gasteiger partial charge in [0.15, 0.2) is 0 Å². The number of hydrogen-bond acceptors (Lipinski definition) is 7. The van der Waals surface area contributed by atoms with E-state index >= 15 is 0 Å². The molecule has 3 rings (SSSR count). The van der Waals surface area contributed by atoms with E-state index in [2.05, 4.69) is 24.0 Å². The van der Waals surface area contributed by atoms with Gasteiger partial charge >= 0.3 is 0 Å². The lowest BCUT2D eigenvalue weighted by Gasteiger charge is -2.36. The quantitative estimate of drug-likeness (QED) is 0.204. The maximum Gasteiger partial charge on any atom is 0.130 e. The van der Waals surface area contributed by atoms with Crippen molar-refractivity contribution in [3.63, 3.8) is 0 Å². The third kappa shape index (κ3) is 4.52. The lowest BCUT2D eigenvalue weighted by Crippen LogP contribution is -2.44. The summed E-state index contributed by atoms with van der Waals surface area (Å²) in [4.78, 5) is 13.4. The summed E-state index contributed by atoms with van der Waals surface area (Å²) >= 11 is 1.55. The maximum atomic E-state index is 12.4. The lowest BCUT2D eigenvalue weighted by atomic mass is 9.79. The van der Waals surface area contributed by atoms with Crippen LogP contribution in [0.1, 0.15) is 35.8 Å². The molecule has 2 atom stereocenters. The van der Waals surface area contributed by atoms with E-state index in [1.54, 1.807) is 30.5 Å². The highest BCUT2D eigenvalue weighted by Crippen LogP contribution is 2.42. The monoisotopic (exact) mass is 445 g/mol. The highest BCUT2D eigenvalue weighted by Gasteiger charge is 2.38. The molecule has 6 nitrogen and oxygen atoms in total. The fourth-order valence-corrected chi connectivity index (χ4v) is 4.98. The molecule has 0 bridgehead atoms. The zero-order chi connectivity index (χ0) is 23.5. The summed E-state index contributed by atoms with van der Waals surface area (Å²) < 4.78 is 0. The SMILES string of the molecule is C=C(C)NC(C)(c1cc(-c2cccc(C#N)c2)cs1)C(C=O)c1ccc(N(C)N)c(N)c1. The smallest absolute Gasteiger partial charge is 0.130 e. The Morgan fingerprint density at radius 2 is 2.03 bits per heavy atom. The first-order chi connectivity index (χ1) is 15.2. The minimum Gasteiger partial charge on any atom is -0.397 e. The third-order valence-corrected chi connectivity index (χ3v) is 6.63. The predicted octanol–water partition coefficient (Wildman–Crippen LogP) is 4.50. The van der Waals surface area contributed by atoms with Gasteiger partial charge in [-0.25, -0.2) is 5.84 Å². The van der Waals surface area contributed by atoms with Crippen LogP contribution in [0.4, 0.5) is 11.4 Å². The highest BCUT2D eigenvalue weighted by molar-refractivity contribution is 7.10. The molecule has 0 spiro atoms. The maximum absolute atomic E-state index is 12.4. The van der Waals surface area contributed by atoms with Crippen molar-refractivity contribution in [3.8, 4) is 17.2 Å². The topological polar surface area (TPSA) is 108 Å². The number of benzene rings is 2. The summed E-state index contributed by atoms with van der Waals surface area (Å²) in [7, 11) is 1.71. The Bertz CT molecular complexity index is 1190. The first-order valence-electron chi connectivity index (χ1n) is 10.1. The summed E-state index contributed by atoms with van der Waals surface area (Å²) in [6.45, 7) is 7.87. The van der Waals surface area contributed by atoms with E-state index in [-0.39, 0.29) is 0 Å². The van der Waals surface area contributed by atoms with Gasteiger partial charge in [-0.05, 0) is 66.2 Å². The van der Waals surface area contributed by atoms with Crippen molar-refractivity contribution >= 4 is 29.0 Å². The summed E-state index contributed by atoms with van der Waals surface area (Å²) in [5, 5.41) is 16.1. The average molecular weight is 446 g/mol. The van der Waals surface area contributed by atoms with Gasteiger partial charge in [0.05, 0.1) is 34.5 Å². The summed E-state index contributed by atoms with van der Waals surface area (Å²) in [5.74, 6) is 5.30.